The Morgan fingerprint density at radius 1 is 1.12 bits per heavy atom. The van der Waals surface area contributed by atoms with E-state index in [0.717, 1.165) is 15.1 Å². The molecule has 3 aromatic rings. The van der Waals surface area contributed by atoms with Gasteiger partial charge in [-0.1, -0.05) is 34.5 Å². The van der Waals surface area contributed by atoms with Crippen molar-refractivity contribution in [2.24, 2.45) is 0 Å². The van der Waals surface area contributed by atoms with E-state index in [1.165, 1.54) is 11.3 Å². The van der Waals surface area contributed by atoms with Crippen LogP contribution >= 0.6 is 46.3 Å². The second-order valence-corrected chi connectivity index (χ2v) is 7.93. The normalized spacial score (nSPS) is 10.8. The van der Waals surface area contributed by atoms with Crippen LogP contribution in [0.5, 0.6) is 0 Å². The number of thioether (sulfide) groups is 1. The van der Waals surface area contributed by atoms with Crippen LogP contribution in [0.2, 0.25) is 10.0 Å². The Morgan fingerprint density at radius 3 is 2.67 bits per heavy atom. The molecular weight excluding hydrogens is 385 g/mol. The lowest BCUT2D eigenvalue weighted by molar-refractivity contribution is -0.120. The number of anilines is 1. The molecule has 0 spiro atoms. The van der Waals surface area contributed by atoms with Crippen LogP contribution in [0.1, 0.15) is 6.42 Å². The second kappa shape index (κ2) is 8.07. The number of carbonyl (C=O) groups is 1. The van der Waals surface area contributed by atoms with Crippen molar-refractivity contribution in [2.75, 3.05) is 11.2 Å². The molecule has 24 heavy (non-hydrogen) atoms. The van der Waals surface area contributed by atoms with Gasteiger partial charge in [-0.3, -0.25) is 15.6 Å². The number of aromatic nitrogens is 1. The summed E-state index contributed by atoms with van der Waals surface area (Å²) in [5, 5.41) is 2.00. The highest BCUT2D eigenvalue weighted by Crippen LogP contribution is 2.27. The average Bonchev–Trinajstić information content (AvgIpc) is 2.97. The van der Waals surface area contributed by atoms with E-state index >= 15 is 0 Å². The third-order valence-corrected chi connectivity index (χ3v) is 5.51. The number of fused-ring (bicyclic) bond motifs is 1. The van der Waals surface area contributed by atoms with Crippen molar-refractivity contribution >= 4 is 67.6 Å². The molecule has 0 aliphatic rings. The zero-order valence-corrected chi connectivity index (χ0v) is 15.5. The molecular formula is C16H13Cl2N3OS2. The summed E-state index contributed by atoms with van der Waals surface area (Å²) in [5.41, 5.74) is 6.36. The van der Waals surface area contributed by atoms with Crippen LogP contribution in [0, 0.1) is 0 Å². The van der Waals surface area contributed by atoms with Gasteiger partial charge in [0.15, 0.2) is 0 Å². The summed E-state index contributed by atoms with van der Waals surface area (Å²) < 4.78 is 0.970. The highest BCUT2D eigenvalue weighted by molar-refractivity contribution is 7.99. The second-order valence-electron chi connectivity index (χ2n) is 4.86. The van der Waals surface area contributed by atoms with Gasteiger partial charge in [0.05, 0.1) is 10.2 Å². The monoisotopic (exact) mass is 397 g/mol. The molecule has 0 aliphatic carbocycles. The van der Waals surface area contributed by atoms with Crippen LogP contribution in [0.25, 0.3) is 10.2 Å². The summed E-state index contributed by atoms with van der Waals surface area (Å²) in [7, 11) is 0. The number of benzene rings is 2. The molecule has 4 nitrogen and oxygen atoms in total. The van der Waals surface area contributed by atoms with Crippen molar-refractivity contribution in [3.63, 3.8) is 0 Å². The van der Waals surface area contributed by atoms with Crippen molar-refractivity contribution in [1.82, 2.24) is 10.4 Å². The minimum absolute atomic E-state index is 0.0891. The molecule has 0 aliphatic heterocycles. The van der Waals surface area contributed by atoms with Crippen LogP contribution in [0.15, 0.2) is 47.4 Å². The van der Waals surface area contributed by atoms with Crippen LogP contribution in [-0.2, 0) is 4.79 Å². The van der Waals surface area contributed by atoms with Crippen LogP contribution < -0.4 is 10.9 Å². The third kappa shape index (κ3) is 4.77. The van der Waals surface area contributed by atoms with Gasteiger partial charge in [-0.15, -0.1) is 11.8 Å². The number of hydrogen-bond donors (Lipinski definition) is 2. The van der Waals surface area contributed by atoms with Crippen molar-refractivity contribution in [2.45, 2.75) is 11.3 Å². The fourth-order valence-electron chi connectivity index (χ4n) is 1.93. The van der Waals surface area contributed by atoms with Gasteiger partial charge in [-0.2, -0.15) is 0 Å². The molecule has 0 bridgehead atoms. The molecule has 0 radical (unpaired) electrons. The Labute approximate surface area is 157 Å². The lowest BCUT2D eigenvalue weighted by Gasteiger charge is -2.05. The minimum atomic E-state index is -0.0891. The van der Waals surface area contributed by atoms with Crippen LogP contribution in [0.4, 0.5) is 5.13 Å². The first-order valence-electron chi connectivity index (χ1n) is 7.09. The molecule has 0 fully saturated rings. The maximum atomic E-state index is 11.9. The lowest BCUT2D eigenvalue weighted by Crippen LogP contribution is -2.29. The number of nitrogens with zero attached hydrogens (tertiary/aromatic N) is 1. The highest BCUT2D eigenvalue weighted by atomic mass is 35.5. The molecule has 124 valence electrons. The Hall–Kier alpha value is -1.47. The fourth-order valence-corrected chi connectivity index (χ4v) is 4.00. The Kier molecular flexibility index (Phi) is 5.84. The first-order valence-corrected chi connectivity index (χ1v) is 9.65. The number of hydrogen-bond acceptors (Lipinski definition) is 5. The van der Waals surface area contributed by atoms with E-state index in [9.17, 15) is 4.79 Å². The number of rotatable bonds is 6. The Balaban J connectivity index is 1.45. The number of carbonyl (C=O) groups excluding carboxylic acids is 1. The van der Waals surface area contributed by atoms with Gasteiger partial charge in [0.2, 0.25) is 11.0 Å². The SMILES string of the molecule is O=C(CCSc1ccc(Cl)cc1)NNc1nc2ccc(Cl)cc2s1. The summed E-state index contributed by atoms with van der Waals surface area (Å²) in [6.07, 6.45) is 0.400. The van der Waals surface area contributed by atoms with Gasteiger partial charge in [-0.25, -0.2) is 4.98 Å². The van der Waals surface area contributed by atoms with Gasteiger partial charge < -0.3 is 0 Å². The standard InChI is InChI=1S/C16H13Cl2N3OS2/c17-10-1-4-12(5-2-10)23-8-7-15(22)20-21-16-19-13-6-3-11(18)9-14(13)24-16/h1-6,9H,7-8H2,(H,19,21)(H,20,22). The Bertz CT molecular complexity index is 852. The summed E-state index contributed by atoms with van der Waals surface area (Å²) >= 11 is 14.8. The number of amides is 1. The van der Waals surface area contributed by atoms with Crippen LogP contribution in [0.3, 0.4) is 0 Å². The predicted octanol–water partition coefficient (Wildman–Crippen LogP) is 5.23. The number of halogens is 2. The quantitative estimate of drug-likeness (QED) is 0.441. The average molecular weight is 398 g/mol. The van der Waals surface area contributed by atoms with Gasteiger partial charge in [0, 0.05) is 27.1 Å². The van der Waals surface area contributed by atoms with E-state index < -0.39 is 0 Å². The highest BCUT2D eigenvalue weighted by Gasteiger charge is 2.06. The smallest absolute Gasteiger partial charge is 0.239 e. The number of thiazole rings is 1. The van der Waals surface area contributed by atoms with E-state index in [1.807, 2.05) is 36.4 Å². The fraction of sp³-hybridized carbons (Fsp3) is 0.125. The van der Waals surface area contributed by atoms with Gasteiger partial charge >= 0.3 is 0 Å². The molecule has 1 aromatic heterocycles. The van der Waals surface area contributed by atoms with Gasteiger partial charge in [-0.05, 0) is 42.5 Å². The number of nitrogens with one attached hydrogen (secondary N) is 2. The van der Waals surface area contributed by atoms with E-state index in [4.69, 9.17) is 23.2 Å². The van der Waals surface area contributed by atoms with Gasteiger partial charge in [0.1, 0.15) is 0 Å². The summed E-state index contributed by atoms with van der Waals surface area (Å²) in [6.45, 7) is 0. The maximum absolute atomic E-state index is 11.9. The first kappa shape index (κ1) is 17.4. The zero-order chi connectivity index (χ0) is 16.9. The predicted molar refractivity (Wildman–Crippen MR) is 103 cm³/mol. The first-order chi connectivity index (χ1) is 11.6. The Morgan fingerprint density at radius 2 is 1.88 bits per heavy atom. The zero-order valence-electron chi connectivity index (χ0n) is 12.4. The maximum Gasteiger partial charge on any atom is 0.239 e. The summed E-state index contributed by atoms with van der Waals surface area (Å²) in [5.74, 6) is 0.596. The van der Waals surface area contributed by atoms with E-state index in [2.05, 4.69) is 15.8 Å². The molecule has 3 rings (SSSR count). The molecule has 2 N–H and O–H groups in total. The molecule has 0 unspecified atom stereocenters. The van der Waals surface area contributed by atoms with Gasteiger partial charge in [0.25, 0.3) is 0 Å². The third-order valence-electron chi connectivity index (χ3n) is 3.07. The van der Waals surface area contributed by atoms with Crippen LogP contribution in [-0.4, -0.2) is 16.6 Å². The summed E-state index contributed by atoms with van der Waals surface area (Å²) in [6, 6.07) is 13.1. The molecule has 0 atom stereocenters. The summed E-state index contributed by atoms with van der Waals surface area (Å²) in [4.78, 5) is 17.3. The van der Waals surface area contributed by atoms with Crippen molar-refractivity contribution in [3.8, 4) is 0 Å². The molecule has 0 saturated carbocycles. The van der Waals surface area contributed by atoms with E-state index in [-0.39, 0.29) is 5.91 Å². The van der Waals surface area contributed by atoms with Crippen molar-refractivity contribution < 1.29 is 4.79 Å². The minimum Gasteiger partial charge on any atom is -0.273 e. The van der Waals surface area contributed by atoms with Crippen molar-refractivity contribution in [3.05, 3.63) is 52.5 Å². The number of hydrazine groups is 1. The lowest BCUT2D eigenvalue weighted by atomic mass is 10.3. The molecule has 0 saturated heterocycles. The van der Waals surface area contributed by atoms with E-state index in [0.29, 0.717) is 27.4 Å². The van der Waals surface area contributed by atoms with Crippen molar-refractivity contribution in [1.29, 1.82) is 0 Å². The van der Waals surface area contributed by atoms with E-state index in [1.54, 1.807) is 17.8 Å². The topological polar surface area (TPSA) is 54.0 Å². The molecule has 1 amide bonds. The molecule has 8 heteroatoms. The molecule has 1 heterocycles. The largest absolute Gasteiger partial charge is 0.273 e. The molecule has 2 aromatic carbocycles.